The number of nitrogens with one attached hydrogen (secondary N) is 2. The van der Waals surface area contributed by atoms with Gasteiger partial charge in [0.15, 0.2) is 0 Å². The van der Waals surface area contributed by atoms with Crippen molar-refractivity contribution in [1.82, 2.24) is 15.1 Å². The van der Waals surface area contributed by atoms with Gasteiger partial charge in [-0.1, -0.05) is 82.1 Å². The maximum atomic E-state index is 13.4. The summed E-state index contributed by atoms with van der Waals surface area (Å²) in [6.07, 6.45) is 3.49. The summed E-state index contributed by atoms with van der Waals surface area (Å²) < 4.78 is 1.05. The van der Waals surface area contributed by atoms with Crippen LogP contribution in [0.5, 0.6) is 0 Å². The molecule has 9 heteroatoms. The van der Waals surface area contributed by atoms with Crippen molar-refractivity contribution in [3.05, 3.63) is 99.5 Å². The van der Waals surface area contributed by atoms with Gasteiger partial charge < -0.3 is 20.4 Å². The van der Waals surface area contributed by atoms with Crippen LogP contribution < -0.4 is 10.6 Å². The first-order valence-corrected chi connectivity index (χ1v) is 14.7. The molecule has 2 aliphatic heterocycles. The number of urea groups is 1. The Morgan fingerprint density at radius 2 is 1.57 bits per heavy atom. The van der Waals surface area contributed by atoms with Gasteiger partial charge in [0.1, 0.15) is 0 Å². The number of para-hydroxylation sites is 1. The number of halogens is 3. The summed E-state index contributed by atoms with van der Waals surface area (Å²) in [5, 5.41) is 6.51. The Morgan fingerprint density at radius 1 is 0.925 bits per heavy atom. The summed E-state index contributed by atoms with van der Waals surface area (Å²) in [6, 6.07) is 25.1. The molecule has 3 aromatic rings. The van der Waals surface area contributed by atoms with Gasteiger partial charge in [0.25, 0.3) is 0 Å². The SMILES string of the molecule is Cl.O=C(Nc1ccccc1Cl)NC(CCN1CCC2(CC1)CCN(Cc1ccc(Br)cc1)C2=O)c1ccccc1. The first kappa shape index (κ1) is 30.4. The molecule has 1 spiro atoms. The van der Waals surface area contributed by atoms with Crippen LogP contribution in [-0.4, -0.2) is 47.9 Å². The van der Waals surface area contributed by atoms with E-state index >= 15 is 0 Å². The van der Waals surface area contributed by atoms with E-state index < -0.39 is 0 Å². The molecule has 0 radical (unpaired) electrons. The van der Waals surface area contributed by atoms with Crippen LogP contribution in [0.3, 0.4) is 0 Å². The molecule has 2 aliphatic rings. The molecule has 212 valence electrons. The van der Waals surface area contributed by atoms with Gasteiger partial charge in [-0.15, -0.1) is 12.4 Å². The van der Waals surface area contributed by atoms with Crippen LogP contribution in [0.4, 0.5) is 10.5 Å². The third-order valence-corrected chi connectivity index (χ3v) is 8.92. The fourth-order valence-electron chi connectivity index (χ4n) is 5.72. The second-order valence-electron chi connectivity index (χ2n) is 10.6. The Hall–Kier alpha value is -2.58. The molecule has 40 heavy (non-hydrogen) atoms. The molecule has 5 rings (SSSR count). The highest BCUT2D eigenvalue weighted by molar-refractivity contribution is 9.10. The Labute approximate surface area is 256 Å². The minimum absolute atomic E-state index is 0. The number of amides is 3. The van der Waals surface area contributed by atoms with Gasteiger partial charge >= 0.3 is 6.03 Å². The van der Waals surface area contributed by atoms with E-state index in [2.05, 4.69) is 43.6 Å². The maximum Gasteiger partial charge on any atom is 0.319 e. The lowest BCUT2D eigenvalue weighted by Gasteiger charge is -2.38. The van der Waals surface area contributed by atoms with Crippen LogP contribution in [-0.2, 0) is 11.3 Å². The number of likely N-dealkylation sites (tertiary alicyclic amines) is 2. The zero-order valence-corrected chi connectivity index (χ0v) is 25.5. The number of carbonyl (C=O) groups excluding carboxylic acids is 2. The summed E-state index contributed by atoms with van der Waals surface area (Å²) in [7, 11) is 0. The maximum absolute atomic E-state index is 13.4. The summed E-state index contributed by atoms with van der Waals surface area (Å²) in [5.74, 6) is 0.310. The van der Waals surface area contributed by atoms with Crippen LogP contribution in [0, 0.1) is 5.41 Å². The Morgan fingerprint density at radius 3 is 2.27 bits per heavy atom. The number of hydrogen-bond acceptors (Lipinski definition) is 3. The zero-order valence-electron chi connectivity index (χ0n) is 22.3. The van der Waals surface area contributed by atoms with Crippen molar-refractivity contribution in [3.63, 3.8) is 0 Å². The van der Waals surface area contributed by atoms with Gasteiger partial charge in [-0.2, -0.15) is 0 Å². The van der Waals surface area contributed by atoms with Gasteiger partial charge in [0.2, 0.25) is 5.91 Å². The van der Waals surface area contributed by atoms with Crippen molar-refractivity contribution in [3.8, 4) is 0 Å². The molecule has 3 amide bonds. The number of hydrogen-bond donors (Lipinski definition) is 2. The predicted octanol–water partition coefficient (Wildman–Crippen LogP) is 7.29. The molecule has 2 N–H and O–H groups in total. The van der Waals surface area contributed by atoms with Crippen LogP contribution in [0.25, 0.3) is 0 Å². The van der Waals surface area contributed by atoms with Gasteiger partial charge in [-0.25, -0.2) is 4.79 Å². The van der Waals surface area contributed by atoms with E-state index in [0.717, 1.165) is 61.9 Å². The number of piperidine rings is 1. The highest BCUT2D eigenvalue weighted by atomic mass is 79.9. The van der Waals surface area contributed by atoms with Crippen molar-refractivity contribution in [2.45, 2.75) is 38.3 Å². The molecule has 1 unspecified atom stereocenters. The van der Waals surface area contributed by atoms with E-state index in [4.69, 9.17) is 11.6 Å². The van der Waals surface area contributed by atoms with E-state index in [1.54, 1.807) is 12.1 Å². The number of benzene rings is 3. The normalized spacial score (nSPS) is 17.4. The third-order valence-electron chi connectivity index (χ3n) is 8.06. The predicted molar refractivity (Wildman–Crippen MR) is 167 cm³/mol. The first-order chi connectivity index (χ1) is 18.9. The topological polar surface area (TPSA) is 64.7 Å². The third kappa shape index (κ3) is 7.38. The molecular formula is C31H35BrCl2N4O2. The second kappa shape index (κ2) is 13.9. The lowest BCUT2D eigenvalue weighted by atomic mass is 9.77. The lowest BCUT2D eigenvalue weighted by Crippen LogP contribution is -2.45. The van der Waals surface area contributed by atoms with Crippen LogP contribution in [0.15, 0.2) is 83.3 Å². The van der Waals surface area contributed by atoms with Crippen LogP contribution in [0.1, 0.15) is 42.9 Å². The zero-order chi connectivity index (χ0) is 27.2. The molecular weight excluding hydrogens is 611 g/mol. The largest absolute Gasteiger partial charge is 0.338 e. The summed E-state index contributed by atoms with van der Waals surface area (Å²) in [6.45, 7) is 4.14. The molecule has 3 aromatic carbocycles. The molecule has 0 saturated carbocycles. The van der Waals surface area contributed by atoms with Crippen molar-refractivity contribution in [1.29, 1.82) is 0 Å². The van der Waals surface area contributed by atoms with Crippen LogP contribution >= 0.6 is 39.9 Å². The number of rotatable bonds is 8. The van der Waals surface area contributed by atoms with Crippen molar-refractivity contribution >= 4 is 57.6 Å². The van der Waals surface area contributed by atoms with Gasteiger partial charge in [0.05, 0.1) is 22.2 Å². The minimum Gasteiger partial charge on any atom is -0.338 e. The second-order valence-corrected chi connectivity index (χ2v) is 11.9. The lowest BCUT2D eigenvalue weighted by molar-refractivity contribution is -0.138. The standard InChI is InChI=1S/C31H34BrClN4O2.ClH/c32-25-12-10-23(11-13-25)22-37-21-17-31(29(37)38)15-19-36(20-16-31)18-14-27(24-6-2-1-3-7-24)34-30(39)35-28-9-5-4-8-26(28)33;/h1-13,27H,14-22H2,(H2,34,35,39);1H. The molecule has 2 saturated heterocycles. The average molecular weight is 646 g/mol. The van der Waals surface area contributed by atoms with Crippen molar-refractivity contribution in [2.75, 3.05) is 31.5 Å². The molecule has 6 nitrogen and oxygen atoms in total. The monoisotopic (exact) mass is 644 g/mol. The number of nitrogens with zero attached hydrogens (tertiary/aromatic N) is 2. The van der Waals surface area contributed by atoms with E-state index in [-0.39, 0.29) is 29.9 Å². The summed E-state index contributed by atoms with van der Waals surface area (Å²) >= 11 is 9.70. The van der Waals surface area contributed by atoms with Gasteiger partial charge in [-0.05, 0) is 74.2 Å². The molecule has 0 aromatic heterocycles. The van der Waals surface area contributed by atoms with Crippen LogP contribution in [0.2, 0.25) is 5.02 Å². The van der Waals surface area contributed by atoms with E-state index in [1.807, 2.05) is 59.5 Å². The fourth-order valence-corrected chi connectivity index (χ4v) is 6.17. The highest BCUT2D eigenvalue weighted by Crippen LogP contribution is 2.42. The smallest absolute Gasteiger partial charge is 0.319 e. The van der Waals surface area contributed by atoms with Gasteiger partial charge in [-0.3, -0.25) is 4.79 Å². The van der Waals surface area contributed by atoms with E-state index in [1.165, 1.54) is 5.56 Å². The minimum atomic E-state index is -0.281. The molecule has 0 bridgehead atoms. The van der Waals surface area contributed by atoms with E-state index in [0.29, 0.717) is 23.2 Å². The Kier molecular flexibility index (Phi) is 10.5. The average Bonchev–Trinajstić information content (AvgIpc) is 3.24. The quantitative estimate of drug-likeness (QED) is 0.270. The molecule has 1 atom stereocenters. The van der Waals surface area contributed by atoms with Crippen molar-refractivity contribution < 1.29 is 9.59 Å². The van der Waals surface area contributed by atoms with E-state index in [9.17, 15) is 9.59 Å². The number of anilines is 1. The molecule has 2 fully saturated rings. The fraction of sp³-hybridized carbons (Fsp3) is 0.355. The molecule has 0 aliphatic carbocycles. The molecule has 2 heterocycles. The summed E-state index contributed by atoms with van der Waals surface area (Å²) in [4.78, 5) is 30.7. The Bertz CT molecular complexity index is 1280. The first-order valence-electron chi connectivity index (χ1n) is 13.6. The summed E-state index contributed by atoms with van der Waals surface area (Å²) in [5.41, 5.74) is 2.59. The Balaban J connectivity index is 0.00000370. The highest BCUT2D eigenvalue weighted by Gasteiger charge is 2.47. The van der Waals surface area contributed by atoms with Crippen molar-refractivity contribution in [2.24, 2.45) is 5.41 Å². The number of carbonyl (C=O) groups is 2. The van der Waals surface area contributed by atoms with Gasteiger partial charge in [0, 0.05) is 24.1 Å².